The maximum atomic E-state index is 14.0. The van der Waals surface area contributed by atoms with E-state index < -0.39 is 41.5 Å². The van der Waals surface area contributed by atoms with Gasteiger partial charge in [0.1, 0.15) is 5.70 Å². The molecule has 2 amide bonds. The zero-order valence-corrected chi connectivity index (χ0v) is 11.7. The molecule has 1 aromatic carbocycles. The Hall–Kier alpha value is -2.45. The van der Waals surface area contributed by atoms with Crippen molar-refractivity contribution in [3.05, 3.63) is 40.3 Å². The van der Waals surface area contributed by atoms with Crippen molar-refractivity contribution in [3.63, 3.8) is 0 Å². The van der Waals surface area contributed by atoms with Crippen LogP contribution in [0, 0.1) is 5.82 Å². The number of rotatable bonds is 5. The van der Waals surface area contributed by atoms with Gasteiger partial charge in [0.15, 0.2) is 5.82 Å². The molecule has 3 N–H and O–H groups in total. The summed E-state index contributed by atoms with van der Waals surface area (Å²) in [5.41, 5.74) is -1.26. The first-order chi connectivity index (χ1) is 10.4. The number of carbonyl (C=O) groups is 3. The van der Waals surface area contributed by atoms with Crippen LogP contribution in [0.15, 0.2) is 23.9 Å². The number of halogens is 2. The smallest absolute Gasteiger partial charge is 0.337 e. The fourth-order valence-electron chi connectivity index (χ4n) is 1.90. The Balaban J connectivity index is 2.38. The lowest BCUT2D eigenvalue weighted by atomic mass is 10.1. The highest BCUT2D eigenvalue weighted by Gasteiger charge is 2.32. The van der Waals surface area contributed by atoms with Crippen LogP contribution in [0.5, 0.6) is 0 Å². The van der Waals surface area contributed by atoms with Crippen molar-refractivity contribution in [1.29, 1.82) is 0 Å². The molecule has 0 aromatic heterocycles. The van der Waals surface area contributed by atoms with Gasteiger partial charge in [-0.25, -0.2) is 9.18 Å². The fourth-order valence-corrected chi connectivity index (χ4v) is 2.05. The van der Waals surface area contributed by atoms with Crippen LogP contribution in [-0.4, -0.2) is 46.0 Å². The van der Waals surface area contributed by atoms with Crippen LogP contribution in [0.2, 0.25) is 5.02 Å². The SMILES string of the molecule is O=C(O)c1ccc(Cl)c(F)c1NC1=CC(=O)N(CCO)C1=O. The summed E-state index contributed by atoms with van der Waals surface area (Å²) in [5, 5.41) is 19.8. The van der Waals surface area contributed by atoms with Gasteiger partial charge in [0, 0.05) is 6.08 Å². The predicted octanol–water partition coefficient (Wildman–Crippen LogP) is 0.834. The molecule has 9 heteroatoms. The number of carboxylic acids is 1. The second-order valence-electron chi connectivity index (χ2n) is 4.29. The summed E-state index contributed by atoms with van der Waals surface area (Å²) in [6.07, 6.45) is 0.893. The van der Waals surface area contributed by atoms with Gasteiger partial charge in [-0.05, 0) is 12.1 Å². The largest absolute Gasteiger partial charge is 0.478 e. The number of β-amino-alcohol motifs (C(OH)–C–C–N with tert-alkyl or cyclic N) is 1. The first-order valence-corrected chi connectivity index (χ1v) is 6.41. The van der Waals surface area contributed by atoms with Crippen molar-refractivity contribution in [3.8, 4) is 0 Å². The van der Waals surface area contributed by atoms with Crippen molar-refractivity contribution in [2.24, 2.45) is 0 Å². The van der Waals surface area contributed by atoms with Crippen LogP contribution in [0.25, 0.3) is 0 Å². The average molecular weight is 329 g/mol. The molecule has 0 saturated carbocycles. The van der Waals surface area contributed by atoms with Crippen molar-refractivity contribution in [1.82, 2.24) is 4.90 Å². The van der Waals surface area contributed by atoms with E-state index in [1.54, 1.807) is 0 Å². The van der Waals surface area contributed by atoms with Gasteiger partial charge in [-0.15, -0.1) is 0 Å². The Bertz CT molecular complexity index is 704. The Morgan fingerprint density at radius 1 is 1.36 bits per heavy atom. The quantitative estimate of drug-likeness (QED) is 0.691. The minimum Gasteiger partial charge on any atom is -0.478 e. The fraction of sp³-hybridized carbons (Fsp3) is 0.154. The molecule has 0 spiro atoms. The lowest BCUT2D eigenvalue weighted by Gasteiger charge is -2.15. The van der Waals surface area contributed by atoms with E-state index in [2.05, 4.69) is 5.32 Å². The number of aliphatic hydroxyl groups excluding tert-OH is 1. The number of hydrogen-bond acceptors (Lipinski definition) is 5. The van der Waals surface area contributed by atoms with Crippen molar-refractivity contribution >= 4 is 35.1 Å². The van der Waals surface area contributed by atoms with Gasteiger partial charge in [0.05, 0.1) is 29.4 Å². The molecule has 2 rings (SSSR count). The second-order valence-corrected chi connectivity index (χ2v) is 4.70. The molecular formula is C13H10ClFN2O5. The van der Waals surface area contributed by atoms with Crippen molar-refractivity contribution in [2.45, 2.75) is 0 Å². The molecule has 1 aromatic rings. The maximum absolute atomic E-state index is 14.0. The molecule has 1 heterocycles. The van der Waals surface area contributed by atoms with Gasteiger partial charge in [0.25, 0.3) is 11.8 Å². The maximum Gasteiger partial charge on any atom is 0.337 e. The van der Waals surface area contributed by atoms with Crippen LogP contribution >= 0.6 is 11.6 Å². The number of hydrogen-bond donors (Lipinski definition) is 3. The first kappa shape index (κ1) is 15.9. The zero-order valence-electron chi connectivity index (χ0n) is 11.0. The number of nitrogens with one attached hydrogen (secondary N) is 1. The summed E-state index contributed by atoms with van der Waals surface area (Å²) < 4.78 is 14.0. The van der Waals surface area contributed by atoms with E-state index in [4.69, 9.17) is 21.8 Å². The number of carboxylic acid groups (broad SMARTS) is 1. The summed E-state index contributed by atoms with van der Waals surface area (Å²) in [6, 6.07) is 2.14. The van der Waals surface area contributed by atoms with E-state index in [1.165, 1.54) is 0 Å². The number of aliphatic hydroxyl groups is 1. The van der Waals surface area contributed by atoms with Crippen LogP contribution in [-0.2, 0) is 9.59 Å². The average Bonchev–Trinajstić information content (AvgIpc) is 2.72. The van der Waals surface area contributed by atoms with Crippen LogP contribution in [0.4, 0.5) is 10.1 Å². The number of aromatic carboxylic acids is 1. The van der Waals surface area contributed by atoms with E-state index >= 15 is 0 Å². The van der Waals surface area contributed by atoms with E-state index in [-0.39, 0.29) is 17.3 Å². The van der Waals surface area contributed by atoms with Gasteiger partial charge < -0.3 is 15.5 Å². The van der Waals surface area contributed by atoms with E-state index in [1.807, 2.05) is 0 Å². The Morgan fingerprint density at radius 3 is 2.64 bits per heavy atom. The summed E-state index contributed by atoms with van der Waals surface area (Å²) in [7, 11) is 0. The third kappa shape index (κ3) is 2.78. The molecule has 116 valence electrons. The Morgan fingerprint density at radius 2 is 2.05 bits per heavy atom. The Kier molecular flexibility index (Phi) is 4.43. The third-order valence-electron chi connectivity index (χ3n) is 2.92. The summed E-state index contributed by atoms with van der Waals surface area (Å²) in [6.45, 7) is -0.645. The van der Waals surface area contributed by atoms with Crippen LogP contribution in [0.1, 0.15) is 10.4 Å². The predicted molar refractivity (Wildman–Crippen MR) is 73.9 cm³/mol. The highest BCUT2D eigenvalue weighted by molar-refractivity contribution is 6.31. The minimum absolute atomic E-state index is 0.219. The standard InChI is InChI=1S/C13H10ClFN2O5/c14-7-2-1-6(13(21)22)11(10(7)15)16-8-5-9(19)17(3-4-18)12(8)20/h1-2,5,16,18H,3-4H2,(H,21,22). The van der Waals surface area contributed by atoms with Crippen LogP contribution in [0.3, 0.4) is 0 Å². The number of carbonyl (C=O) groups excluding carboxylic acids is 2. The van der Waals surface area contributed by atoms with Gasteiger partial charge in [0.2, 0.25) is 0 Å². The van der Waals surface area contributed by atoms with Gasteiger partial charge in [-0.1, -0.05) is 11.6 Å². The highest BCUT2D eigenvalue weighted by Crippen LogP contribution is 2.29. The normalized spacial score (nSPS) is 14.3. The Labute approximate surface area is 128 Å². The number of benzene rings is 1. The molecular weight excluding hydrogens is 319 g/mol. The zero-order chi connectivity index (χ0) is 16.4. The highest BCUT2D eigenvalue weighted by atomic mass is 35.5. The molecule has 1 aliphatic heterocycles. The number of imide groups is 1. The molecule has 22 heavy (non-hydrogen) atoms. The molecule has 0 fully saturated rings. The molecule has 1 aliphatic rings. The molecule has 0 atom stereocenters. The first-order valence-electron chi connectivity index (χ1n) is 6.03. The minimum atomic E-state index is -1.43. The number of amides is 2. The second kappa shape index (κ2) is 6.12. The molecule has 0 bridgehead atoms. The molecule has 0 saturated heterocycles. The monoisotopic (exact) mass is 328 g/mol. The molecule has 0 aliphatic carbocycles. The molecule has 7 nitrogen and oxygen atoms in total. The third-order valence-corrected chi connectivity index (χ3v) is 3.21. The van der Waals surface area contributed by atoms with Crippen molar-refractivity contribution < 1.29 is 29.0 Å². The molecule has 0 unspecified atom stereocenters. The van der Waals surface area contributed by atoms with Gasteiger partial charge in [-0.2, -0.15) is 0 Å². The van der Waals surface area contributed by atoms with E-state index in [0.29, 0.717) is 0 Å². The summed E-state index contributed by atoms with van der Waals surface area (Å²) >= 11 is 5.60. The topological polar surface area (TPSA) is 107 Å². The van der Waals surface area contributed by atoms with E-state index in [0.717, 1.165) is 23.1 Å². The van der Waals surface area contributed by atoms with Gasteiger partial charge >= 0.3 is 5.97 Å². The molecule has 0 radical (unpaired) electrons. The lowest BCUT2D eigenvalue weighted by Crippen LogP contribution is -2.34. The number of anilines is 1. The lowest BCUT2D eigenvalue weighted by molar-refractivity contribution is -0.137. The van der Waals surface area contributed by atoms with Gasteiger partial charge in [-0.3, -0.25) is 14.5 Å². The van der Waals surface area contributed by atoms with Crippen molar-refractivity contribution in [2.75, 3.05) is 18.5 Å². The summed E-state index contributed by atoms with van der Waals surface area (Å²) in [5.74, 6) is -3.97. The number of nitrogens with zero attached hydrogens (tertiary/aromatic N) is 1. The van der Waals surface area contributed by atoms with Crippen LogP contribution < -0.4 is 5.32 Å². The van der Waals surface area contributed by atoms with E-state index in [9.17, 15) is 18.8 Å². The summed E-state index contributed by atoms with van der Waals surface area (Å²) in [4.78, 5) is 35.4.